The van der Waals surface area contributed by atoms with Crippen molar-refractivity contribution in [3.63, 3.8) is 0 Å². The van der Waals surface area contributed by atoms with Crippen molar-refractivity contribution in [3.8, 4) is 0 Å². The van der Waals surface area contributed by atoms with E-state index in [4.69, 9.17) is 4.42 Å². The van der Waals surface area contributed by atoms with E-state index in [1.165, 1.54) is 6.26 Å². The molecule has 0 bridgehead atoms. The van der Waals surface area contributed by atoms with Crippen molar-refractivity contribution < 1.29 is 12.8 Å². The first-order valence-electron chi connectivity index (χ1n) is 6.57. The van der Waals surface area contributed by atoms with E-state index >= 15 is 0 Å². The van der Waals surface area contributed by atoms with Gasteiger partial charge < -0.3 is 9.32 Å². The standard InChI is InChI=1S/C13H17N3O3S/c1-20(17,18)15-10-3-2-7-16(9-10)13-11-5-8-19-12(11)4-6-14-13/h4-6,8,10,15H,2-3,7,9H2,1H3. The molecule has 0 amide bonds. The highest BCUT2D eigenvalue weighted by molar-refractivity contribution is 7.88. The van der Waals surface area contributed by atoms with Gasteiger partial charge in [-0.2, -0.15) is 0 Å². The van der Waals surface area contributed by atoms with Gasteiger partial charge in [0, 0.05) is 25.3 Å². The van der Waals surface area contributed by atoms with Crippen LogP contribution in [0.3, 0.4) is 0 Å². The molecule has 3 heterocycles. The second-order valence-electron chi connectivity index (χ2n) is 5.14. The van der Waals surface area contributed by atoms with Crippen molar-refractivity contribution in [1.29, 1.82) is 0 Å². The lowest BCUT2D eigenvalue weighted by Crippen LogP contribution is -2.47. The Hall–Kier alpha value is -1.60. The molecule has 1 unspecified atom stereocenters. The lowest BCUT2D eigenvalue weighted by atomic mass is 10.1. The number of fused-ring (bicyclic) bond motifs is 1. The van der Waals surface area contributed by atoms with Gasteiger partial charge in [0.25, 0.3) is 0 Å². The summed E-state index contributed by atoms with van der Waals surface area (Å²) in [6.07, 6.45) is 6.34. The Labute approximate surface area is 117 Å². The number of anilines is 1. The van der Waals surface area contributed by atoms with Crippen LogP contribution in [0.15, 0.2) is 29.0 Å². The molecular weight excluding hydrogens is 278 g/mol. The topological polar surface area (TPSA) is 75.4 Å². The molecule has 0 aliphatic carbocycles. The molecule has 0 aromatic carbocycles. The molecule has 7 heteroatoms. The van der Waals surface area contributed by atoms with Crippen LogP contribution < -0.4 is 9.62 Å². The molecule has 1 aliphatic heterocycles. The first kappa shape index (κ1) is 13.4. The van der Waals surface area contributed by atoms with Crippen molar-refractivity contribution in [2.75, 3.05) is 24.2 Å². The summed E-state index contributed by atoms with van der Waals surface area (Å²) in [6, 6.07) is 3.66. The zero-order chi connectivity index (χ0) is 14.2. The molecule has 1 fully saturated rings. The molecule has 6 nitrogen and oxygen atoms in total. The summed E-state index contributed by atoms with van der Waals surface area (Å²) in [6.45, 7) is 1.50. The quantitative estimate of drug-likeness (QED) is 0.925. The zero-order valence-electron chi connectivity index (χ0n) is 11.2. The van der Waals surface area contributed by atoms with Gasteiger partial charge in [-0.1, -0.05) is 0 Å². The molecule has 3 rings (SSSR count). The first-order chi connectivity index (χ1) is 9.53. The normalized spacial score (nSPS) is 20.4. The van der Waals surface area contributed by atoms with Gasteiger partial charge in [0.05, 0.1) is 17.9 Å². The maximum atomic E-state index is 11.4. The van der Waals surface area contributed by atoms with E-state index in [1.807, 2.05) is 12.1 Å². The van der Waals surface area contributed by atoms with Crippen LogP contribution >= 0.6 is 0 Å². The third-order valence-electron chi connectivity index (χ3n) is 3.46. The SMILES string of the molecule is CS(=O)(=O)NC1CCCN(c2nccc3occc23)C1. The van der Waals surface area contributed by atoms with Gasteiger partial charge in [-0.05, 0) is 25.0 Å². The molecule has 2 aromatic rings. The Bertz CT molecular complexity index is 710. The zero-order valence-corrected chi connectivity index (χ0v) is 12.1. The molecule has 20 heavy (non-hydrogen) atoms. The van der Waals surface area contributed by atoms with E-state index in [9.17, 15) is 8.42 Å². The minimum atomic E-state index is -3.18. The average Bonchev–Trinajstić information content (AvgIpc) is 2.85. The predicted octanol–water partition coefficient (Wildman–Crippen LogP) is 1.35. The number of piperidine rings is 1. The summed E-state index contributed by atoms with van der Waals surface area (Å²) in [7, 11) is -3.18. The van der Waals surface area contributed by atoms with Crippen LogP contribution in [0.2, 0.25) is 0 Å². The fourth-order valence-corrected chi connectivity index (χ4v) is 3.50. The number of nitrogens with zero attached hydrogens (tertiary/aromatic N) is 2. The van der Waals surface area contributed by atoms with E-state index in [0.717, 1.165) is 36.2 Å². The van der Waals surface area contributed by atoms with Gasteiger partial charge in [0.1, 0.15) is 11.4 Å². The summed E-state index contributed by atoms with van der Waals surface area (Å²) in [5.41, 5.74) is 0.799. The van der Waals surface area contributed by atoms with Gasteiger partial charge in [-0.3, -0.25) is 0 Å². The van der Waals surface area contributed by atoms with Crippen molar-refractivity contribution in [1.82, 2.24) is 9.71 Å². The van der Waals surface area contributed by atoms with Crippen LogP contribution in [-0.4, -0.2) is 38.8 Å². The highest BCUT2D eigenvalue weighted by atomic mass is 32.2. The number of hydrogen-bond acceptors (Lipinski definition) is 5. The number of hydrogen-bond donors (Lipinski definition) is 1. The summed E-state index contributed by atoms with van der Waals surface area (Å²) in [5.74, 6) is 0.858. The molecular formula is C13H17N3O3S. The van der Waals surface area contributed by atoms with Crippen LogP contribution in [0.4, 0.5) is 5.82 Å². The summed E-state index contributed by atoms with van der Waals surface area (Å²) >= 11 is 0. The second kappa shape index (κ2) is 5.06. The molecule has 0 radical (unpaired) electrons. The highest BCUT2D eigenvalue weighted by Crippen LogP contribution is 2.27. The van der Waals surface area contributed by atoms with Gasteiger partial charge >= 0.3 is 0 Å². The van der Waals surface area contributed by atoms with E-state index < -0.39 is 10.0 Å². The molecule has 0 spiro atoms. The number of sulfonamides is 1. The smallest absolute Gasteiger partial charge is 0.209 e. The molecule has 1 saturated heterocycles. The van der Waals surface area contributed by atoms with Crippen molar-refractivity contribution in [2.24, 2.45) is 0 Å². The summed E-state index contributed by atoms with van der Waals surface area (Å²) < 4.78 is 30.8. The summed E-state index contributed by atoms with van der Waals surface area (Å²) in [5, 5.41) is 0.965. The molecule has 1 N–H and O–H groups in total. The Morgan fingerprint density at radius 2 is 2.30 bits per heavy atom. The second-order valence-corrected chi connectivity index (χ2v) is 6.92. The Balaban J connectivity index is 1.85. The lowest BCUT2D eigenvalue weighted by Gasteiger charge is -2.33. The van der Waals surface area contributed by atoms with Crippen molar-refractivity contribution in [3.05, 3.63) is 24.6 Å². The van der Waals surface area contributed by atoms with Crippen LogP contribution in [0.1, 0.15) is 12.8 Å². The third kappa shape index (κ3) is 2.78. The molecule has 1 aliphatic rings. The number of aromatic nitrogens is 1. The Morgan fingerprint density at radius 1 is 1.45 bits per heavy atom. The molecule has 2 aromatic heterocycles. The molecule has 1 atom stereocenters. The highest BCUT2D eigenvalue weighted by Gasteiger charge is 2.24. The Morgan fingerprint density at radius 3 is 3.10 bits per heavy atom. The van der Waals surface area contributed by atoms with Gasteiger partial charge in [0.2, 0.25) is 10.0 Å². The first-order valence-corrected chi connectivity index (χ1v) is 8.46. The van der Waals surface area contributed by atoms with E-state index in [0.29, 0.717) is 6.54 Å². The minimum absolute atomic E-state index is 0.0669. The largest absolute Gasteiger partial charge is 0.464 e. The monoisotopic (exact) mass is 295 g/mol. The summed E-state index contributed by atoms with van der Waals surface area (Å²) in [4.78, 5) is 6.54. The number of furan rings is 1. The molecule has 0 saturated carbocycles. The van der Waals surface area contributed by atoms with Crippen LogP contribution in [0.5, 0.6) is 0 Å². The number of nitrogens with one attached hydrogen (secondary N) is 1. The van der Waals surface area contributed by atoms with Crippen LogP contribution in [-0.2, 0) is 10.0 Å². The lowest BCUT2D eigenvalue weighted by molar-refractivity contribution is 0.466. The Kier molecular flexibility index (Phi) is 3.39. The molecule has 108 valence electrons. The minimum Gasteiger partial charge on any atom is -0.464 e. The van der Waals surface area contributed by atoms with Gasteiger partial charge in [-0.25, -0.2) is 18.1 Å². The van der Waals surface area contributed by atoms with Crippen molar-refractivity contribution >= 4 is 26.8 Å². The van der Waals surface area contributed by atoms with Crippen LogP contribution in [0, 0.1) is 0 Å². The fourth-order valence-electron chi connectivity index (χ4n) is 2.70. The van der Waals surface area contributed by atoms with E-state index in [-0.39, 0.29) is 6.04 Å². The predicted molar refractivity (Wildman–Crippen MR) is 77.2 cm³/mol. The van der Waals surface area contributed by atoms with Crippen molar-refractivity contribution in [2.45, 2.75) is 18.9 Å². The maximum absolute atomic E-state index is 11.4. The number of rotatable bonds is 3. The fraction of sp³-hybridized carbons (Fsp3) is 0.462. The number of pyridine rings is 1. The maximum Gasteiger partial charge on any atom is 0.209 e. The van der Waals surface area contributed by atoms with Gasteiger partial charge in [0.15, 0.2) is 0 Å². The third-order valence-corrected chi connectivity index (χ3v) is 4.22. The van der Waals surface area contributed by atoms with E-state index in [1.54, 1.807) is 12.5 Å². The van der Waals surface area contributed by atoms with E-state index in [2.05, 4.69) is 14.6 Å². The van der Waals surface area contributed by atoms with Crippen LogP contribution in [0.25, 0.3) is 11.0 Å². The average molecular weight is 295 g/mol. The van der Waals surface area contributed by atoms with Gasteiger partial charge in [-0.15, -0.1) is 0 Å².